The van der Waals surface area contributed by atoms with Crippen molar-refractivity contribution < 1.29 is 9.90 Å². The summed E-state index contributed by atoms with van der Waals surface area (Å²) in [6.07, 6.45) is 3.24. The van der Waals surface area contributed by atoms with Gasteiger partial charge in [0, 0.05) is 5.57 Å². The van der Waals surface area contributed by atoms with Crippen molar-refractivity contribution in [3.63, 3.8) is 0 Å². The van der Waals surface area contributed by atoms with Crippen LogP contribution in [0.25, 0.3) is 0 Å². The van der Waals surface area contributed by atoms with E-state index in [-0.39, 0.29) is 5.57 Å². The Labute approximate surface area is 125 Å². The lowest BCUT2D eigenvalue weighted by Gasteiger charge is -2.06. The number of aliphatic carboxylic acids is 1. The first kappa shape index (κ1) is 15.0. The molecular formula is C19H20O2. The Kier molecular flexibility index (Phi) is 5.33. The average molecular weight is 280 g/mol. The van der Waals surface area contributed by atoms with Crippen LogP contribution in [0.3, 0.4) is 0 Å². The van der Waals surface area contributed by atoms with Crippen molar-refractivity contribution >= 4 is 5.97 Å². The van der Waals surface area contributed by atoms with Gasteiger partial charge in [0.2, 0.25) is 0 Å². The highest BCUT2D eigenvalue weighted by atomic mass is 16.4. The minimum atomic E-state index is -0.907. The highest BCUT2D eigenvalue weighted by Crippen LogP contribution is 2.13. The van der Waals surface area contributed by atoms with Crippen molar-refractivity contribution in [2.45, 2.75) is 25.7 Å². The number of benzene rings is 2. The first-order valence-electron chi connectivity index (χ1n) is 7.18. The van der Waals surface area contributed by atoms with Gasteiger partial charge in [0.25, 0.3) is 0 Å². The molecule has 0 aliphatic heterocycles. The third-order valence-electron chi connectivity index (χ3n) is 3.55. The number of carbonyl (C=O) groups is 1. The Morgan fingerprint density at radius 2 is 1.43 bits per heavy atom. The van der Waals surface area contributed by atoms with Gasteiger partial charge < -0.3 is 5.11 Å². The number of hydrogen-bond donors (Lipinski definition) is 1. The van der Waals surface area contributed by atoms with Gasteiger partial charge in [-0.1, -0.05) is 61.2 Å². The number of carboxylic acid groups (broad SMARTS) is 1. The predicted octanol–water partition coefficient (Wildman–Crippen LogP) is 4.05. The third-order valence-corrected chi connectivity index (χ3v) is 3.55. The van der Waals surface area contributed by atoms with Gasteiger partial charge in [-0.15, -0.1) is 0 Å². The largest absolute Gasteiger partial charge is 0.478 e. The maximum absolute atomic E-state index is 10.7. The molecule has 0 fully saturated rings. The van der Waals surface area contributed by atoms with Crippen LogP contribution < -0.4 is 0 Å². The van der Waals surface area contributed by atoms with Crippen LogP contribution in [0.4, 0.5) is 0 Å². The zero-order valence-corrected chi connectivity index (χ0v) is 12.1. The molecule has 1 N–H and O–H groups in total. The normalized spacial score (nSPS) is 10.3. The molecule has 0 radical (unpaired) electrons. The molecule has 108 valence electrons. The molecule has 0 bridgehead atoms. The summed E-state index contributed by atoms with van der Waals surface area (Å²) in [5.74, 6) is -0.907. The summed E-state index contributed by atoms with van der Waals surface area (Å²) < 4.78 is 0. The quantitative estimate of drug-likeness (QED) is 0.777. The van der Waals surface area contributed by atoms with Crippen LogP contribution in [-0.2, 0) is 24.1 Å². The van der Waals surface area contributed by atoms with Crippen molar-refractivity contribution in [1.82, 2.24) is 0 Å². The second kappa shape index (κ2) is 7.44. The van der Waals surface area contributed by atoms with Gasteiger partial charge in [0.1, 0.15) is 0 Å². The van der Waals surface area contributed by atoms with Gasteiger partial charge in [-0.3, -0.25) is 0 Å². The van der Waals surface area contributed by atoms with Crippen LogP contribution in [0.5, 0.6) is 0 Å². The van der Waals surface area contributed by atoms with E-state index in [1.165, 1.54) is 16.7 Å². The predicted molar refractivity (Wildman–Crippen MR) is 85.4 cm³/mol. The van der Waals surface area contributed by atoms with E-state index in [1.807, 2.05) is 18.2 Å². The van der Waals surface area contributed by atoms with Gasteiger partial charge in [0.15, 0.2) is 0 Å². The van der Waals surface area contributed by atoms with E-state index in [9.17, 15) is 4.79 Å². The fourth-order valence-electron chi connectivity index (χ4n) is 2.28. The van der Waals surface area contributed by atoms with Gasteiger partial charge >= 0.3 is 5.97 Å². The van der Waals surface area contributed by atoms with E-state index in [0.717, 1.165) is 19.3 Å². The number of carboxylic acids is 1. The Morgan fingerprint density at radius 3 is 2.10 bits per heavy atom. The van der Waals surface area contributed by atoms with Crippen LogP contribution in [0.15, 0.2) is 66.7 Å². The van der Waals surface area contributed by atoms with Crippen molar-refractivity contribution in [1.29, 1.82) is 0 Å². The third kappa shape index (κ3) is 4.92. The molecule has 0 saturated carbocycles. The Balaban J connectivity index is 1.91. The fraction of sp³-hybridized carbons (Fsp3) is 0.211. The van der Waals surface area contributed by atoms with Gasteiger partial charge in [-0.2, -0.15) is 0 Å². The van der Waals surface area contributed by atoms with E-state index >= 15 is 0 Å². The lowest BCUT2D eigenvalue weighted by atomic mass is 10.00. The summed E-state index contributed by atoms with van der Waals surface area (Å²) in [5.41, 5.74) is 4.06. The molecule has 0 aliphatic carbocycles. The molecule has 0 spiro atoms. The second-order valence-electron chi connectivity index (χ2n) is 5.21. The molecule has 2 heteroatoms. The van der Waals surface area contributed by atoms with Gasteiger partial charge in [0.05, 0.1) is 0 Å². The summed E-state index contributed by atoms with van der Waals surface area (Å²) in [6.45, 7) is 3.57. The topological polar surface area (TPSA) is 37.3 Å². The van der Waals surface area contributed by atoms with Crippen LogP contribution in [0.2, 0.25) is 0 Å². The molecule has 21 heavy (non-hydrogen) atoms. The fourth-order valence-corrected chi connectivity index (χ4v) is 2.28. The van der Waals surface area contributed by atoms with E-state index in [2.05, 4.69) is 43.0 Å². The molecule has 2 aromatic carbocycles. The first-order valence-corrected chi connectivity index (χ1v) is 7.18. The average Bonchev–Trinajstić information content (AvgIpc) is 2.52. The SMILES string of the molecule is C=C(CCc1cccc(CCc2ccccc2)c1)C(=O)O. The Hall–Kier alpha value is -2.35. The van der Waals surface area contributed by atoms with Crippen molar-refractivity contribution in [2.75, 3.05) is 0 Å². The number of rotatable bonds is 7. The minimum Gasteiger partial charge on any atom is -0.478 e. The smallest absolute Gasteiger partial charge is 0.330 e. The van der Waals surface area contributed by atoms with E-state index in [1.54, 1.807) is 0 Å². The zero-order chi connectivity index (χ0) is 15.1. The molecule has 0 aliphatic rings. The van der Waals surface area contributed by atoms with Crippen LogP contribution in [-0.4, -0.2) is 11.1 Å². The first-order chi connectivity index (χ1) is 10.1. The summed E-state index contributed by atoms with van der Waals surface area (Å²) in [6, 6.07) is 18.8. The molecule has 0 saturated heterocycles. The number of hydrogen-bond acceptors (Lipinski definition) is 1. The highest BCUT2D eigenvalue weighted by Gasteiger charge is 2.04. The lowest BCUT2D eigenvalue weighted by Crippen LogP contribution is -2.00. The molecular weight excluding hydrogens is 260 g/mol. The van der Waals surface area contributed by atoms with Crippen LogP contribution >= 0.6 is 0 Å². The van der Waals surface area contributed by atoms with Gasteiger partial charge in [-0.05, 0) is 42.4 Å². The number of aryl methyl sites for hydroxylation is 3. The lowest BCUT2D eigenvalue weighted by molar-refractivity contribution is -0.132. The zero-order valence-electron chi connectivity index (χ0n) is 12.1. The van der Waals surface area contributed by atoms with Crippen molar-refractivity contribution in [3.05, 3.63) is 83.4 Å². The van der Waals surface area contributed by atoms with Crippen LogP contribution in [0, 0.1) is 0 Å². The molecule has 2 aromatic rings. The molecule has 0 amide bonds. The maximum atomic E-state index is 10.7. The maximum Gasteiger partial charge on any atom is 0.330 e. The summed E-state index contributed by atoms with van der Waals surface area (Å²) in [4.78, 5) is 10.7. The molecule has 0 heterocycles. The van der Waals surface area contributed by atoms with E-state index in [4.69, 9.17) is 5.11 Å². The highest BCUT2D eigenvalue weighted by molar-refractivity contribution is 5.85. The second-order valence-corrected chi connectivity index (χ2v) is 5.21. The molecule has 0 unspecified atom stereocenters. The minimum absolute atomic E-state index is 0.268. The Bertz CT molecular complexity index is 614. The molecule has 0 aromatic heterocycles. The van der Waals surface area contributed by atoms with E-state index in [0.29, 0.717) is 6.42 Å². The summed E-state index contributed by atoms with van der Waals surface area (Å²) >= 11 is 0. The Morgan fingerprint density at radius 1 is 0.857 bits per heavy atom. The van der Waals surface area contributed by atoms with Crippen molar-refractivity contribution in [3.8, 4) is 0 Å². The van der Waals surface area contributed by atoms with Crippen molar-refractivity contribution in [2.24, 2.45) is 0 Å². The molecule has 0 atom stereocenters. The standard InChI is InChI=1S/C19H20O2/c1-15(19(20)21)10-11-17-8-5-9-18(14-17)13-12-16-6-3-2-4-7-16/h2-9,14H,1,10-13H2,(H,20,21). The monoisotopic (exact) mass is 280 g/mol. The molecule has 2 nitrogen and oxygen atoms in total. The summed E-state index contributed by atoms with van der Waals surface area (Å²) in [7, 11) is 0. The van der Waals surface area contributed by atoms with Gasteiger partial charge in [-0.25, -0.2) is 4.79 Å². The van der Waals surface area contributed by atoms with Crippen LogP contribution in [0.1, 0.15) is 23.1 Å². The van der Waals surface area contributed by atoms with E-state index < -0.39 is 5.97 Å². The summed E-state index contributed by atoms with van der Waals surface area (Å²) in [5, 5.41) is 8.83. The molecule has 2 rings (SSSR count).